The predicted molar refractivity (Wildman–Crippen MR) is 514 cm³/mol. The van der Waals surface area contributed by atoms with Gasteiger partial charge in [0.1, 0.15) is 6.71 Å². The number of piperidine rings is 2. The molecule has 0 aromatic carbocycles. The van der Waals surface area contributed by atoms with Gasteiger partial charge in [-0.25, -0.2) is 0 Å². The molecule has 5 aliphatic carbocycles. The Morgan fingerprint density at radius 1 is 0.412 bits per heavy atom. The van der Waals surface area contributed by atoms with Crippen molar-refractivity contribution >= 4 is 82.5 Å². The van der Waals surface area contributed by atoms with Gasteiger partial charge < -0.3 is 99.2 Å². The first kappa shape index (κ1) is 117. The lowest BCUT2D eigenvalue weighted by molar-refractivity contribution is -0.199. The van der Waals surface area contributed by atoms with Gasteiger partial charge in [0.15, 0.2) is 0 Å². The highest BCUT2D eigenvalue weighted by Gasteiger charge is 2.67. The lowest BCUT2D eigenvalue weighted by atomic mass is 9.29. The Balaban J connectivity index is 0.000000670. The summed E-state index contributed by atoms with van der Waals surface area (Å²) >= 11 is 1.89. The van der Waals surface area contributed by atoms with E-state index in [0.29, 0.717) is 41.9 Å². The Kier molecular flexibility index (Phi) is 55.8. The first-order valence-corrected chi connectivity index (χ1v) is 47.9. The van der Waals surface area contributed by atoms with Gasteiger partial charge in [0.05, 0.1) is 45.3 Å². The van der Waals surface area contributed by atoms with Gasteiger partial charge in [-0.2, -0.15) is 11.8 Å². The van der Waals surface area contributed by atoms with Crippen molar-refractivity contribution in [1.29, 1.82) is 0 Å². The highest BCUT2D eigenvalue weighted by Crippen LogP contribution is 2.65. The average Bonchev–Trinajstić information content (AvgIpc) is 1.64. The van der Waals surface area contributed by atoms with Crippen LogP contribution in [-0.4, -0.2) is 263 Å². The van der Waals surface area contributed by atoms with E-state index in [1.807, 2.05) is 94.2 Å². The average molecular weight is 1700 g/mol. The highest BCUT2D eigenvalue weighted by molar-refractivity contribution is 7.99. The minimum atomic E-state index is -1.17. The Labute approximate surface area is 743 Å². The van der Waals surface area contributed by atoms with Gasteiger partial charge in [0.2, 0.25) is 0 Å². The molecule has 0 radical (unpaired) electrons. The third kappa shape index (κ3) is 47.0. The van der Waals surface area contributed by atoms with Crippen molar-refractivity contribution in [2.75, 3.05) is 85.1 Å². The van der Waals surface area contributed by atoms with Crippen LogP contribution in [0.15, 0.2) is 0 Å². The van der Waals surface area contributed by atoms with E-state index in [1.165, 1.54) is 122 Å². The molecule has 4 atom stereocenters. The molecule has 5 saturated carbocycles. The first-order valence-electron chi connectivity index (χ1n) is 46.8. The fourth-order valence-electron chi connectivity index (χ4n) is 19.2. The maximum absolute atomic E-state index is 7.61. The van der Waals surface area contributed by atoms with E-state index in [-0.39, 0.29) is 123 Å². The molecular formula is C87H187B10N3O18S. The summed E-state index contributed by atoms with van der Waals surface area (Å²) in [6.07, 6.45) is 31.9. The van der Waals surface area contributed by atoms with Crippen LogP contribution in [0.1, 0.15) is 302 Å². The summed E-state index contributed by atoms with van der Waals surface area (Å²) in [7, 11) is 4.82. The molecule has 4 unspecified atom stereocenters. The topological polar surface area (TPSA) is 198 Å². The minimum Gasteiger partial charge on any atom is -0.427 e. The number of likely N-dealkylation sites (tertiary alicyclic amines) is 2. The van der Waals surface area contributed by atoms with Crippen LogP contribution in [-0.2, 0) is 74.5 Å². The molecular weight excluding hydrogens is 1520 g/mol. The number of fused-ring (bicyclic) bond motifs is 2. The molecule has 0 aromatic heterocycles. The van der Waals surface area contributed by atoms with Gasteiger partial charge in [0.25, 0.3) is 0 Å². The Morgan fingerprint density at radius 2 is 0.739 bits per heavy atom. The van der Waals surface area contributed by atoms with Crippen molar-refractivity contribution in [3.05, 3.63) is 0 Å². The Hall–Kier alpha value is 0.159. The smallest absolute Gasteiger partial charge is 0.427 e. The van der Waals surface area contributed by atoms with E-state index in [4.69, 9.17) is 84.5 Å². The molecule has 4 bridgehead atoms. The molecule has 0 spiro atoms. The molecule has 13 aliphatic rings. The van der Waals surface area contributed by atoms with Crippen molar-refractivity contribution in [2.45, 2.75) is 463 Å². The fraction of sp³-hybridized carbons (Fsp3) is 1.00. The molecule has 8 heterocycles. The van der Waals surface area contributed by atoms with Crippen molar-refractivity contribution in [3.63, 3.8) is 0 Å². The summed E-state index contributed by atoms with van der Waals surface area (Å²) in [5, 5.41) is 15.2. The molecule has 32 heteroatoms. The third-order valence-corrected chi connectivity index (χ3v) is 26.9. The lowest BCUT2D eigenvalue weighted by Crippen LogP contribution is -2.65. The fourth-order valence-corrected chi connectivity index (χ4v) is 20.4. The second kappa shape index (κ2) is 56.7. The third-order valence-electron chi connectivity index (χ3n) is 25.1. The second-order valence-electron chi connectivity index (χ2n) is 40.7. The second-order valence-corrected chi connectivity index (χ2v) is 41.6. The number of hydrogen-bond donors (Lipinski definition) is 2. The van der Waals surface area contributed by atoms with Crippen LogP contribution < -0.4 is 0 Å². The molecule has 119 heavy (non-hydrogen) atoms. The quantitative estimate of drug-likeness (QED) is 0.138. The van der Waals surface area contributed by atoms with Crippen molar-refractivity contribution in [2.24, 2.45) is 17.3 Å². The number of hydrogen-bond acceptors (Lipinski definition) is 22. The summed E-state index contributed by atoms with van der Waals surface area (Å²) in [6, 6.07) is 0. The van der Waals surface area contributed by atoms with Gasteiger partial charge in [0, 0.05) is 101 Å². The van der Waals surface area contributed by atoms with Crippen LogP contribution in [0.2, 0.25) is 79.9 Å². The summed E-state index contributed by atoms with van der Waals surface area (Å²) < 4.78 is 90.9. The monoisotopic (exact) mass is 1700 g/mol. The summed E-state index contributed by atoms with van der Waals surface area (Å²) in [6.45, 7) is 72.5. The van der Waals surface area contributed by atoms with Crippen molar-refractivity contribution in [1.82, 2.24) is 14.7 Å². The minimum absolute atomic E-state index is 0. The van der Waals surface area contributed by atoms with E-state index < -0.39 is 7.12 Å². The Morgan fingerprint density at radius 3 is 1.04 bits per heavy atom. The molecule has 8 aliphatic heterocycles. The Bertz CT molecular complexity index is 2430. The van der Waals surface area contributed by atoms with Gasteiger partial charge in [-0.15, -0.1) is 0 Å². The van der Waals surface area contributed by atoms with Gasteiger partial charge in [-0.05, 0) is 296 Å². The molecule has 13 fully saturated rings. The van der Waals surface area contributed by atoms with E-state index in [1.54, 1.807) is 0 Å². The van der Waals surface area contributed by atoms with Gasteiger partial charge >= 0.3 is 64.1 Å². The van der Waals surface area contributed by atoms with Crippen LogP contribution in [0.4, 0.5) is 0 Å². The highest BCUT2D eigenvalue weighted by atomic mass is 32.2. The molecule has 21 nitrogen and oxygen atoms in total. The maximum atomic E-state index is 7.61. The van der Waals surface area contributed by atoms with Crippen LogP contribution >= 0.6 is 11.8 Å². The zero-order valence-corrected chi connectivity index (χ0v) is 82.7. The standard InChI is InChI=1S/C13H27BN2O2.C13H25BO2.C11H19BO2.C10H22BNO2.C9H19BO2S.C9H17B.C7H15BO2.C7H17BO2.C5H13BO2.CH5BO2.2CH4/c1-14(17-12-4-8-15(2)9-5-12)18-13-6-10-16(3)11-7-13;1-14(15-12-8-4-2-5-9-12)16-13-10-6-3-7-11-13;1-10(2)7-5-8(10)11(3)9(6-7)13-12(4)14-11;1-9(2)7-12(6)8-10(3,4)14-11(5)13-9;1-8(2)6-13-7-9(3,4)12-10(5)11-8;1-10-8-4-2-5-9(10)7-3-6-8;1-6(2)7(3,4)10-8(5)9-6;1-6(2)9-8(5)10-7(3)4;1-4-7-6(3)8-5-2;1-2(3)4;;/h12-13H,4-11H2,1-3H3;12-13H,2-11H2,1H3;7-9H,5-6H2,1-4H3;7-8H2,1-6H3;6-7H2,1-5H3;8-9H,2-7H2,1H3;1-5H3;6-7H,1-5H3;4-5H2,1-3H3;3-4H,1H3;2*1H4. The first-order chi connectivity index (χ1) is 54.2. The lowest BCUT2D eigenvalue weighted by Gasteiger charge is -2.64. The van der Waals surface area contributed by atoms with Gasteiger partial charge in [-0.3, -0.25) is 0 Å². The number of likely N-dealkylation sites (N-methyl/N-ethyl adjacent to an activating group) is 1. The predicted octanol–water partition coefficient (Wildman–Crippen LogP) is 20.0. The van der Waals surface area contributed by atoms with Crippen LogP contribution in [0.3, 0.4) is 0 Å². The maximum Gasteiger partial charge on any atom is 0.454 e. The molecule has 694 valence electrons. The summed E-state index contributed by atoms with van der Waals surface area (Å²) in [4.78, 5) is 6.98. The summed E-state index contributed by atoms with van der Waals surface area (Å²) in [5.74, 6) is 5.86. The molecule has 0 aromatic rings. The zero-order valence-electron chi connectivity index (χ0n) is 81.9. The molecule has 0 amide bonds. The van der Waals surface area contributed by atoms with Crippen molar-refractivity contribution in [3.8, 4) is 0 Å². The molecule has 2 N–H and O–H groups in total. The molecule has 8 saturated heterocycles. The van der Waals surface area contributed by atoms with Crippen LogP contribution in [0.5, 0.6) is 0 Å². The largest absolute Gasteiger partial charge is 0.454 e. The number of thioether (sulfide) groups is 1. The van der Waals surface area contributed by atoms with Crippen molar-refractivity contribution < 1.29 is 84.5 Å². The zero-order chi connectivity index (χ0) is 88.5. The normalized spacial score (nSPS) is 27.5. The SMILES string of the molecule is C.C.CB(O)O.CB(OC(C)C)OC(C)C.CB(OC1CCCCC1)OC1CCCCC1.CB(OC1CCN(C)CC1)OC1CCN(C)CC1.CB1C2CCCC1CCC2.CB1OC(C)(C)C(C)(C)O1.CB1OC(C)(C)CN(C)CC(C)(C)O1.CB1OC(C)(C)CSCC(C)(C)O1.CB1OC2CC3CC(C3(C)C)C2(C)O1.CCOB(C)OCC. The molecule has 13 rings (SSSR count). The van der Waals surface area contributed by atoms with E-state index >= 15 is 0 Å². The van der Waals surface area contributed by atoms with Gasteiger partial charge in [-0.1, -0.05) is 124 Å². The number of rotatable bonds is 16. The number of nitrogens with zero attached hydrogens (tertiary/aromatic N) is 3. The van der Waals surface area contributed by atoms with Crippen LogP contribution in [0.25, 0.3) is 0 Å². The van der Waals surface area contributed by atoms with E-state index in [2.05, 4.69) is 160 Å². The van der Waals surface area contributed by atoms with Crippen LogP contribution in [0, 0.1) is 17.3 Å². The van der Waals surface area contributed by atoms with E-state index in [9.17, 15) is 0 Å². The summed E-state index contributed by atoms with van der Waals surface area (Å²) in [5.41, 5.74) is -0.258. The van der Waals surface area contributed by atoms with E-state index in [0.717, 1.165) is 114 Å².